The van der Waals surface area contributed by atoms with E-state index in [1.807, 2.05) is 6.07 Å². The second kappa shape index (κ2) is 7.04. The zero-order valence-corrected chi connectivity index (χ0v) is 13.7. The first-order valence-electron chi connectivity index (χ1n) is 7.43. The summed E-state index contributed by atoms with van der Waals surface area (Å²) in [5.41, 5.74) is 0.950. The predicted molar refractivity (Wildman–Crippen MR) is 87.1 cm³/mol. The molecule has 2 rings (SSSR count). The van der Waals surface area contributed by atoms with Crippen LogP contribution in [0.25, 0.3) is 0 Å². The molecule has 1 aromatic heterocycles. The number of halogens is 1. The van der Waals surface area contributed by atoms with E-state index in [1.165, 1.54) is 29.2 Å². The third kappa shape index (κ3) is 3.33. The fourth-order valence-electron chi connectivity index (χ4n) is 2.35. The van der Waals surface area contributed by atoms with Gasteiger partial charge in [-0.1, -0.05) is 0 Å². The van der Waals surface area contributed by atoms with Gasteiger partial charge in [0.05, 0.1) is 5.69 Å². The molecule has 0 unspecified atom stereocenters. The van der Waals surface area contributed by atoms with Crippen molar-refractivity contribution in [3.63, 3.8) is 0 Å². The van der Waals surface area contributed by atoms with Gasteiger partial charge in [0.25, 0.3) is 5.56 Å². The van der Waals surface area contributed by atoms with Gasteiger partial charge < -0.3 is 4.90 Å². The highest BCUT2D eigenvalue weighted by atomic mass is 19.1. The minimum absolute atomic E-state index is 0.0138. The van der Waals surface area contributed by atoms with E-state index in [4.69, 9.17) is 5.26 Å². The Balaban J connectivity index is 2.35. The van der Waals surface area contributed by atoms with Crippen molar-refractivity contribution in [2.75, 3.05) is 11.4 Å². The van der Waals surface area contributed by atoms with E-state index >= 15 is 0 Å². The lowest BCUT2D eigenvalue weighted by Crippen LogP contribution is -2.38. The van der Waals surface area contributed by atoms with Crippen LogP contribution in [0.4, 0.5) is 10.1 Å². The highest BCUT2D eigenvalue weighted by molar-refractivity contribution is 5.93. The number of carbonyl (C=O) groups is 1. The molecule has 0 saturated carbocycles. The van der Waals surface area contributed by atoms with Crippen LogP contribution in [0.3, 0.4) is 0 Å². The molecule has 0 N–H and O–H groups in total. The number of carbonyl (C=O) groups excluding carboxylic acids is 1. The number of aromatic nitrogens is 2. The third-order valence-electron chi connectivity index (χ3n) is 3.79. The van der Waals surface area contributed by atoms with Crippen molar-refractivity contribution in [2.45, 2.75) is 27.3 Å². The second-order valence-electron chi connectivity index (χ2n) is 5.27. The number of likely N-dealkylation sites (N-methyl/N-ethyl adjacent to an activating group) is 1. The summed E-state index contributed by atoms with van der Waals surface area (Å²) in [6.07, 6.45) is 0. The van der Waals surface area contributed by atoms with E-state index in [2.05, 4.69) is 5.10 Å². The molecule has 124 valence electrons. The van der Waals surface area contributed by atoms with Gasteiger partial charge in [0.15, 0.2) is 0 Å². The molecule has 6 nitrogen and oxygen atoms in total. The smallest absolute Gasteiger partial charge is 0.285 e. The van der Waals surface area contributed by atoms with Crippen LogP contribution < -0.4 is 10.5 Å². The molecule has 1 heterocycles. The number of hydrogen-bond acceptors (Lipinski definition) is 4. The highest BCUT2D eigenvalue weighted by Gasteiger charge is 2.18. The number of aryl methyl sites for hydroxylation is 1. The van der Waals surface area contributed by atoms with Gasteiger partial charge in [-0.15, -0.1) is 0 Å². The van der Waals surface area contributed by atoms with Gasteiger partial charge in [-0.05, 0) is 50.6 Å². The average Bonchev–Trinajstić information content (AvgIpc) is 2.55. The summed E-state index contributed by atoms with van der Waals surface area (Å²) in [5.74, 6) is -0.765. The summed E-state index contributed by atoms with van der Waals surface area (Å²) < 4.78 is 14.0. The quantitative estimate of drug-likeness (QED) is 0.859. The Morgan fingerprint density at radius 1 is 1.33 bits per heavy atom. The number of hydrogen-bond donors (Lipinski definition) is 0. The molecule has 0 radical (unpaired) electrons. The first kappa shape index (κ1) is 17.3. The fraction of sp³-hybridized carbons (Fsp3) is 0.294. The number of nitriles is 1. The minimum atomic E-state index is -0.593. The Morgan fingerprint density at radius 3 is 2.50 bits per heavy atom. The van der Waals surface area contributed by atoms with E-state index in [9.17, 15) is 14.0 Å². The molecule has 1 aromatic carbocycles. The molecule has 0 aliphatic carbocycles. The van der Waals surface area contributed by atoms with Crippen LogP contribution in [0.15, 0.2) is 29.1 Å². The number of nitrogens with zero attached hydrogens (tertiary/aromatic N) is 4. The summed E-state index contributed by atoms with van der Waals surface area (Å²) in [6, 6.07) is 7.37. The topological polar surface area (TPSA) is 79.0 Å². The molecular formula is C17H17FN4O2. The van der Waals surface area contributed by atoms with E-state index in [1.54, 1.807) is 20.8 Å². The van der Waals surface area contributed by atoms with Gasteiger partial charge in [0.1, 0.15) is 24.0 Å². The molecule has 0 saturated heterocycles. The van der Waals surface area contributed by atoms with E-state index in [0.29, 0.717) is 23.5 Å². The SMILES string of the molecule is CCN(C(=O)Cn1nc(C)c(C)c(C#N)c1=O)c1ccc(F)cc1. The average molecular weight is 328 g/mol. The number of rotatable bonds is 4. The molecule has 0 bridgehead atoms. The summed E-state index contributed by atoms with van der Waals surface area (Å²) in [5, 5.41) is 13.2. The molecule has 2 aromatic rings. The number of anilines is 1. The maximum Gasteiger partial charge on any atom is 0.285 e. The molecule has 0 fully saturated rings. The lowest BCUT2D eigenvalue weighted by Gasteiger charge is -2.21. The maximum absolute atomic E-state index is 13.0. The lowest BCUT2D eigenvalue weighted by molar-refractivity contribution is -0.119. The summed E-state index contributed by atoms with van der Waals surface area (Å²) >= 11 is 0. The van der Waals surface area contributed by atoms with Crippen molar-refractivity contribution in [1.29, 1.82) is 5.26 Å². The van der Waals surface area contributed by atoms with Crippen molar-refractivity contribution >= 4 is 11.6 Å². The third-order valence-corrected chi connectivity index (χ3v) is 3.79. The van der Waals surface area contributed by atoms with Crippen molar-refractivity contribution in [3.8, 4) is 6.07 Å². The van der Waals surface area contributed by atoms with Gasteiger partial charge >= 0.3 is 0 Å². The molecule has 0 aliphatic rings. The Kier molecular flexibility index (Phi) is 5.09. The molecule has 0 atom stereocenters. The largest absolute Gasteiger partial charge is 0.311 e. The van der Waals surface area contributed by atoms with E-state index in [0.717, 1.165) is 4.68 Å². The first-order chi connectivity index (χ1) is 11.4. The Labute approximate surface area is 138 Å². The minimum Gasteiger partial charge on any atom is -0.311 e. The van der Waals surface area contributed by atoms with Crippen LogP contribution in [0.1, 0.15) is 23.7 Å². The van der Waals surface area contributed by atoms with Gasteiger partial charge in [-0.3, -0.25) is 9.59 Å². The van der Waals surface area contributed by atoms with Crippen LogP contribution in [0, 0.1) is 31.0 Å². The van der Waals surface area contributed by atoms with Crippen LogP contribution >= 0.6 is 0 Å². The van der Waals surface area contributed by atoms with Crippen LogP contribution in [0.2, 0.25) is 0 Å². The van der Waals surface area contributed by atoms with Crippen LogP contribution in [-0.2, 0) is 11.3 Å². The highest BCUT2D eigenvalue weighted by Crippen LogP contribution is 2.15. The maximum atomic E-state index is 13.0. The lowest BCUT2D eigenvalue weighted by atomic mass is 10.1. The Morgan fingerprint density at radius 2 is 1.96 bits per heavy atom. The summed E-state index contributed by atoms with van der Waals surface area (Å²) in [4.78, 5) is 26.2. The van der Waals surface area contributed by atoms with Crippen molar-refractivity contribution in [2.24, 2.45) is 0 Å². The molecule has 7 heteroatoms. The zero-order chi connectivity index (χ0) is 17.9. The van der Waals surface area contributed by atoms with Crippen molar-refractivity contribution in [3.05, 3.63) is 57.3 Å². The molecular weight excluding hydrogens is 311 g/mol. The summed E-state index contributed by atoms with van der Waals surface area (Å²) in [6.45, 7) is 5.16. The number of amides is 1. The number of benzene rings is 1. The molecule has 0 spiro atoms. The standard InChI is InChI=1S/C17H17FN4O2/c1-4-21(14-7-5-13(18)6-8-14)16(23)10-22-17(24)15(9-19)11(2)12(3)20-22/h5-8H,4,10H2,1-3H3. The zero-order valence-electron chi connectivity index (χ0n) is 13.7. The first-order valence-corrected chi connectivity index (χ1v) is 7.43. The fourth-order valence-corrected chi connectivity index (χ4v) is 2.35. The Bertz CT molecular complexity index is 866. The predicted octanol–water partition coefficient (Wildman–Crippen LogP) is 1.92. The molecule has 24 heavy (non-hydrogen) atoms. The normalized spacial score (nSPS) is 10.3. The van der Waals surface area contributed by atoms with Crippen LogP contribution in [0.5, 0.6) is 0 Å². The monoisotopic (exact) mass is 328 g/mol. The van der Waals surface area contributed by atoms with Gasteiger partial charge in [-0.2, -0.15) is 10.4 Å². The van der Waals surface area contributed by atoms with Gasteiger partial charge in [0, 0.05) is 12.2 Å². The van der Waals surface area contributed by atoms with Crippen molar-refractivity contribution in [1.82, 2.24) is 9.78 Å². The van der Waals surface area contributed by atoms with Gasteiger partial charge in [-0.25, -0.2) is 9.07 Å². The van der Waals surface area contributed by atoms with Crippen LogP contribution in [-0.4, -0.2) is 22.2 Å². The van der Waals surface area contributed by atoms with E-state index in [-0.39, 0.29) is 18.0 Å². The van der Waals surface area contributed by atoms with Crippen molar-refractivity contribution < 1.29 is 9.18 Å². The Hall–Kier alpha value is -3.01. The molecule has 1 amide bonds. The second-order valence-corrected chi connectivity index (χ2v) is 5.27. The van der Waals surface area contributed by atoms with E-state index < -0.39 is 11.4 Å². The van der Waals surface area contributed by atoms with Gasteiger partial charge in [0.2, 0.25) is 5.91 Å². The molecule has 0 aliphatic heterocycles. The summed E-state index contributed by atoms with van der Waals surface area (Å²) in [7, 11) is 0.